The Hall–Kier alpha value is -1.50. The Kier molecular flexibility index (Phi) is 10.2. The number of amides is 1. The SMILES string of the molecule is NCCSCC(=O)NC/C=C\COc1cccc(CN2CCCCC2)c1. The number of hydrogen-bond donors (Lipinski definition) is 2. The number of nitrogens with two attached hydrogens (primary N) is 1. The van der Waals surface area contributed by atoms with Crippen molar-refractivity contribution in [2.24, 2.45) is 5.73 Å². The fraction of sp³-hybridized carbons (Fsp3) is 0.550. The Bertz CT molecular complexity index is 560. The third-order valence-electron chi connectivity index (χ3n) is 4.18. The molecule has 144 valence electrons. The largest absolute Gasteiger partial charge is 0.490 e. The highest BCUT2D eigenvalue weighted by Crippen LogP contribution is 2.17. The van der Waals surface area contributed by atoms with Gasteiger partial charge in [0.15, 0.2) is 0 Å². The number of hydrogen-bond acceptors (Lipinski definition) is 5. The second-order valence-corrected chi connectivity index (χ2v) is 7.52. The molecule has 1 heterocycles. The summed E-state index contributed by atoms with van der Waals surface area (Å²) in [5, 5.41) is 2.85. The molecule has 1 aliphatic heterocycles. The van der Waals surface area contributed by atoms with Gasteiger partial charge in [-0.1, -0.05) is 24.6 Å². The van der Waals surface area contributed by atoms with Crippen LogP contribution < -0.4 is 15.8 Å². The van der Waals surface area contributed by atoms with Gasteiger partial charge in [-0.25, -0.2) is 0 Å². The van der Waals surface area contributed by atoms with E-state index in [1.54, 1.807) is 11.8 Å². The Morgan fingerprint density at radius 1 is 1.27 bits per heavy atom. The highest BCUT2D eigenvalue weighted by atomic mass is 32.2. The lowest BCUT2D eigenvalue weighted by atomic mass is 10.1. The van der Waals surface area contributed by atoms with E-state index in [1.807, 2.05) is 18.2 Å². The van der Waals surface area contributed by atoms with E-state index in [0.717, 1.165) is 18.0 Å². The number of carbonyl (C=O) groups excluding carboxylic acids is 1. The van der Waals surface area contributed by atoms with Crippen LogP contribution >= 0.6 is 11.8 Å². The molecule has 1 aromatic carbocycles. The van der Waals surface area contributed by atoms with E-state index in [-0.39, 0.29) is 5.91 Å². The van der Waals surface area contributed by atoms with E-state index in [1.165, 1.54) is 37.9 Å². The average Bonchev–Trinajstić information content (AvgIpc) is 2.66. The van der Waals surface area contributed by atoms with E-state index >= 15 is 0 Å². The number of nitrogens with one attached hydrogen (secondary N) is 1. The van der Waals surface area contributed by atoms with Crippen molar-refractivity contribution in [1.82, 2.24) is 10.2 Å². The number of nitrogens with zero attached hydrogens (tertiary/aromatic N) is 1. The van der Waals surface area contributed by atoms with E-state index in [0.29, 0.717) is 25.4 Å². The van der Waals surface area contributed by atoms with Crippen molar-refractivity contribution in [3.05, 3.63) is 42.0 Å². The summed E-state index contributed by atoms with van der Waals surface area (Å²) < 4.78 is 5.79. The number of carbonyl (C=O) groups is 1. The van der Waals surface area contributed by atoms with Crippen molar-refractivity contribution >= 4 is 17.7 Å². The van der Waals surface area contributed by atoms with E-state index in [9.17, 15) is 4.79 Å². The topological polar surface area (TPSA) is 67.6 Å². The fourth-order valence-corrected chi connectivity index (χ4v) is 3.48. The van der Waals surface area contributed by atoms with Crippen molar-refractivity contribution in [2.75, 3.05) is 44.3 Å². The lowest BCUT2D eigenvalue weighted by molar-refractivity contribution is -0.118. The van der Waals surface area contributed by atoms with Crippen LogP contribution in [-0.2, 0) is 11.3 Å². The van der Waals surface area contributed by atoms with Crippen LogP contribution in [0.4, 0.5) is 0 Å². The zero-order valence-electron chi connectivity index (χ0n) is 15.5. The highest BCUT2D eigenvalue weighted by Gasteiger charge is 2.10. The van der Waals surface area contributed by atoms with Gasteiger partial charge in [-0.2, -0.15) is 11.8 Å². The molecule has 0 aromatic heterocycles. The van der Waals surface area contributed by atoms with Gasteiger partial charge in [-0.15, -0.1) is 0 Å². The molecule has 1 aliphatic rings. The molecule has 0 radical (unpaired) electrons. The molecular formula is C20H31N3O2S. The Labute approximate surface area is 161 Å². The number of thioether (sulfide) groups is 1. The van der Waals surface area contributed by atoms with Crippen molar-refractivity contribution < 1.29 is 9.53 Å². The molecule has 0 bridgehead atoms. The number of benzene rings is 1. The summed E-state index contributed by atoms with van der Waals surface area (Å²) in [4.78, 5) is 14.0. The summed E-state index contributed by atoms with van der Waals surface area (Å²) in [6.07, 6.45) is 7.83. The van der Waals surface area contributed by atoms with E-state index < -0.39 is 0 Å². The summed E-state index contributed by atoms with van der Waals surface area (Å²) >= 11 is 1.55. The maximum Gasteiger partial charge on any atom is 0.230 e. The Morgan fingerprint density at radius 2 is 2.12 bits per heavy atom. The zero-order chi connectivity index (χ0) is 18.5. The van der Waals surface area contributed by atoms with Gasteiger partial charge in [-0.3, -0.25) is 9.69 Å². The number of piperidine rings is 1. The normalized spacial score (nSPS) is 15.3. The van der Waals surface area contributed by atoms with Crippen LogP contribution in [0, 0.1) is 0 Å². The first-order valence-electron chi connectivity index (χ1n) is 9.41. The molecule has 3 N–H and O–H groups in total. The van der Waals surface area contributed by atoms with Crippen LogP contribution in [0.2, 0.25) is 0 Å². The van der Waals surface area contributed by atoms with Crippen LogP contribution in [0.25, 0.3) is 0 Å². The van der Waals surface area contributed by atoms with Gasteiger partial charge >= 0.3 is 0 Å². The summed E-state index contributed by atoms with van der Waals surface area (Å²) in [6.45, 7) is 5.04. The van der Waals surface area contributed by atoms with Gasteiger partial charge in [-0.05, 0) is 49.7 Å². The average molecular weight is 378 g/mol. The molecule has 1 saturated heterocycles. The molecule has 1 amide bonds. The molecule has 0 spiro atoms. The standard InChI is InChI=1S/C20H31N3O2S/c21-9-14-26-17-20(24)22-10-2-5-13-25-19-8-6-7-18(15-19)16-23-11-3-1-4-12-23/h2,5-8,15H,1,3-4,9-14,16-17,21H2,(H,22,24)/b5-2-. The van der Waals surface area contributed by atoms with Crippen LogP contribution in [0.3, 0.4) is 0 Å². The third kappa shape index (κ3) is 8.74. The van der Waals surface area contributed by atoms with Gasteiger partial charge in [0.2, 0.25) is 5.91 Å². The van der Waals surface area contributed by atoms with Gasteiger partial charge < -0.3 is 15.8 Å². The quantitative estimate of drug-likeness (QED) is 0.458. The smallest absolute Gasteiger partial charge is 0.230 e. The van der Waals surface area contributed by atoms with Crippen LogP contribution in [0.15, 0.2) is 36.4 Å². The molecular weight excluding hydrogens is 346 g/mol. The van der Waals surface area contributed by atoms with Crippen molar-refractivity contribution in [3.63, 3.8) is 0 Å². The van der Waals surface area contributed by atoms with Crippen molar-refractivity contribution in [3.8, 4) is 5.75 Å². The minimum absolute atomic E-state index is 0.0411. The van der Waals surface area contributed by atoms with E-state index in [4.69, 9.17) is 10.5 Å². The first-order valence-corrected chi connectivity index (χ1v) is 10.6. The first kappa shape index (κ1) is 20.8. The van der Waals surface area contributed by atoms with E-state index in [2.05, 4.69) is 28.4 Å². The molecule has 0 unspecified atom stereocenters. The first-order chi connectivity index (χ1) is 12.8. The lowest BCUT2D eigenvalue weighted by Crippen LogP contribution is -2.29. The molecule has 0 aliphatic carbocycles. The van der Waals surface area contributed by atoms with Gasteiger partial charge in [0.25, 0.3) is 0 Å². The van der Waals surface area contributed by atoms with Crippen molar-refractivity contribution in [2.45, 2.75) is 25.8 Å². The maximum atomic E-state index is 11.5. The third-order valence-corrected chi connectivity index (χ3v) is 5.17. The summed E-state index contributed by atoms with van der Waals surface area (Å²) in [6, 6.07) is 8.33. The second-order valence-electron chi connectivity index (χ2n) is 6.41. The molecule has 1 fully saturated rings. The summed E-state index contributed by atoms with van der Waals surface area (Å²) in [5.74, 6) is 2.21. The van der Waals surface area contributed by atoms with Crippen molar-refractivity contribution in [1.29, 1.82) is 0 Å². The monoisotopic (exact) mass is 377 g/mol. The van der Waals surface area contributed by atoms with Gasteiger partial charge in [0.1, 0.15) is 12.4 Å². The number of rotatable bonds is 11. The second kappa shape index (κ2) is 12.8. The molecule has 0 atom stereocenters. The molecule has 6 heteroatoms. The number of ether oxygens (including phenoxy) is 1. The molecule has 2 rings (SSSR count). The van der Waals surface area contributed by atoms with Crippen LogP contribution in [0.1, 0.15) is 24.8 Å². The predicted octanol–water partition coefficient (Wildman–Crippen LogP) is 2.42. The molecule has 0 saturated carbocycles. The van der Waals surface area contributed by atoms with Crippen LogP contribution in [0.5, 0.6) is 5.75 Å². The van der Waals surface area contributed by atoms with Crippen LogP contribution in [-0.4, -0.2) is 55.1 Å². The van der Waals surface area contributed by atoms with Gasteiger partial charge in [0.05, 0.1) is 5.75 Å². The lowest BCUT2D eigenvalue weighted by Gasteiger charge is -2.26. The predicted molar refractivity (Wildman–Crippen MR) is 110 cm³/mol. The molecule has 26 heavy (non-hydrogen) atoms. The Balaban J connectivity index is 1.62. The highest BCUT2D eigenvalue weighted by molar-refractivity contribution is 7.99. The van der Waals surface area contributed by atoms with Gasteiger partial charge in [0, 0.05) is 25.4 Å². The fourth-order valence-electron chi connectivity index (χ4n) is 2.88. The zero-order valence-corrected chi connectivity index (χ0v) is 16.3. The maximum absolute atomic E-state index is 11.5. The Morgan fingerprint density at radius 3 is 2.92 bits per heavy atom. The summed E-state index contributed by atoms with van der Waals surface area (Å²) in [7, 11) is 0. The summed E-state index contributed by atoms with van der Waals surface area (Å²) in [5.41, 5.74) is 6.70. The minimum atomic E-state index is 0.0411. The minimum Gasteiger partial charge on any atom is -0.490 e. The number of likely N-dealkylation sites (tertiary alicyclic amines) is 1. The molecule has 1 aromatic rings. The molecule has 5 nitrogen and oxygen atoms in total.